The number of thiocarbonyl (C=S) groups is 1. The summed E-state index contributed by atoms with van der Waals surface area (Å²) in [6.45, 7) is 1.91. The van der Waals surface area contributed by atoms with Crippen LogP contribution >= 0.6 is 23.8 Å². The average Bonchev–Trinajstić information content (AvgIpc) is 2.07. The lowest BCUT2D eigenvalue weighted by atomic mass is 10.1. The molecule has 0 bridgehead atoms. The van der Waals surface area contributed by atoms with Gasteiger partial charge >= 0.3 is 0 Å². The first-order valence-corrected chi connectivity index (χ1v) is 4.49. The van der Waals surface area contributed by atoms with E-state index in [1.165, 1.54) is 0 Å². The highest BCUT2D eigenvalue weighted by Crippen LogP contribution is 2.27. The molecule has 0 aliphatic carbocycles. The summed E-state index contributed by atoms with van der Waals surface area (Å²) >= 11 is 10.8. The van der Waals surface area contributed by atoms with Crippen LogP contribution in [0.4, 0.5) is 0 Å². The van der Waals surface area contributed by atoms with Crippen molar-refractivity contribution < 1.29 is 4.74 Å². The van der Waals surface area contributed by atoms with Crippen molar-refractivity contribution in [3.8, 4) is 5.75 Å². The number of hydrogen-bond acceptors (Lipinski definition) is 2. The van der Waals surface area contributed by atoms with Gasteiger partial charge in [0.05, 0.1) is 12.1 Å². The second kappa shape index (κ2) is 3.94. The Bertz CT molecular complexity index is 352. The van der Waals surface area contributed by atoms with Crippen LogP contribution in [0.3, 0.4) is 0 Å². The van der Waals surface area contributed by atoms with Crippen molar-refractivity contribution in [3.05, 3.63) is 28.3 Å². The molecular weight excluding hydrogens is 206 g/mol. The molecule has 1 rings (SSSR count). The van der Waals surface area contributed by atoms with Gasteiger partial charge in [-0.25, -0.2) is 0 Å². The number of nitrogens with two attached hydrogens (primary N) is 1. The third kappa shape index (κ3) is 2.11. The van der Waals surface area contributed by atoms with Crippen LogP contribution in [0.25, 0.3) is 0 Å². The Morgan fingerprint density at radius 3 is 2.62 bits per heavy atom. The number of methoxy groups -OCH3 is 1. The van der Waals surface area contributed by atoms with Crippen molar-refractivity contribution in [2.45, 2.75) is 6.92 Å². The van der Waals surface area contributed by atoms with Crippen LogP contribution in [0.1, 0.15) is 11.1 Å². The van der Waals surface area contributed by atoms with Crippen molar-refractivity contribution in [1.29, 1.82) is 0 Å². The highest BCUT2D eigenvalue weighted by molar-refractivity contribution is 7.80. The fraction of sp³-hybridized carbons (Fsp3) is 0.222. The molecule has 70 valence electrons. The molecule has 0 radical (unpaired) electrons. The molecule has 4 heteroatoms. The fourth-order valence-corrected chi connectivity index (χ4v) is 1.54. The zero-order valence-electron chi connectivity index (χ0n) is 7.43. The Morgan fingerprint density at radius 1 is 1.54 bits per heavy atom. The lowest BCUT2D eigenvalue weighted by Crippen LogP contribution is -2.11. The molecule has 0 aromatic heterocycles. The molecule has 0 aliphatic heterocycles. The molecule has 0 heterocycles. The van der Waals surface area contributed by atoms with Crippen LogP contribution in [-0.2, 0) is 0 Å². The van der Waals surface area contributed by atoms with Crippen LogP contribution in [-0.4, -0.2) is 12.1 Å². The van der Waals surface area contributed by atoms with E-state index in [4.69, 9.17) is 34.3 Å². The van der Waals surface area contributed by atoms with Gasteiger partial charge in [0.25, 0.3) is 0 Å². The third-order valence-corrected chi connectivity index (χ3v) is 2.28. The van der Waals surface area contributed by atoms with Gasteiger partial charge in [0.2, 0.25) is 0 Å². The van der Waals surface area contributed by atoms with Gasteiger partial charge in [0, 0.05) is 5.56 Å². The first-order valence-electron chi connectivity index (χ1n) is 3.70. The Hall–Kier alpha value is -0.800. The molecule has 0 atom stereocenters. The second-order valence-corrected chi connectivity index (χ2v) is 3.51. The minimum absolute atomic E-state index is 0.349. The number of hydrogen-bond donors (Lipinski definition) is 1. The maximum Gasteiger partial charge on any atom is 0.137 e. The monoisotopic (exact) mass is 215 g/mol. The summed E-state index contributed by atoms with van der Waals surface area (Å²) in [4.78, 5) is 0.349. The first kappa shape index (κ1) is 10.3. The number of halogens is 1. The van der Waals surface area contributed by atoms with Gasteiger partial charge in [-0.3, -0.25) is 0 Å². The maximum atomic E-state index is 5.91. The first-order chi connectivity index (χ1) is 6.06. The molecule has 0 amide bonds. The zero-order valence-corrected chi connectivity index (χ0v) is 9.00. The molecule has 0 aliphatic rings. The molecule has 2 nitrogen and oxygen atoms in total. The largest absolute Gasteiger partial charge is 0.495 e. The number of rotatable bonds is 2. The summed E-state index contributed by atoms with van der Waals surface area (Å²) in [6, 6.07) is 3.54. The summed E-state index contributed by atoms with van der Waals surface area (Å²) in [5.41, 5.74) is 7.27. The van der Waals surface area contributed by atoms with Crippen LogP contribution < -0.4 is 10.5 Å². The van der Waals surface area contributed by atoms with E-state index >= 15 is 0 Å². The lowest BCUT2D eigenvalue weighted by Gasteiger charge is -2.08. The fourth-order valence-electron chi connectivity index (χ4n) is 1.08. The minimum atomic E-state index is 0.349. The smallest absolute Gasteiger partial charge is 0.137 e. The zero-order chi connectivity index (χ0) is 10.0. The van der Waals surface area contributed by atoms with Crippen molar-refractivity contribution in [3.63, 3.8) is 0 Å². The highest BCUT2D eigenvalue weighted by Gasteiger charge is 2.07. The SMILES string of the molecule is COc1cc(C)c(C(N)=S)cc1Cl. The van der Waals surface area contributed by atoms with Crippen molar-refractivity contribution in [2.24, 2.45) is 5.73 Å². The number of aryl methyl sites for hydroxylation is 1. The molecule has 0 spiro atoms. The quantitative estimate of drug-likeness (QED) is 0.769. The van der Waals surface area contributed by atoms with Crippen molar-refractivity contribution >= 4 is 28.8 Å². The minimum Gasteiger partial charge on any atom is -0.495 e. The van der Waals surface area contributed by atoms with Gasteiger partial charge in [-0.15, -0.1) is 0 Å². The summed E-state index contributed by atoms with van der Waals surface area (Å²) in [5, 5.41) is 0.524. The Morgan fingerprint density at radius 2 is 2.15 bits per heavy atom. The molecular formula is C9H10ClNOS. The third-order valence-electron chi connectivity index (χ3n) is 1.76. The summed E-state index contributed by atoms with van der Waals surface area (Å²) in [5.74, 6) is 0.638. The van der Waals surface area contributed by atoms with Gasteiger partial charge in [-0.2, -0.15) is 0 Å². The van der Waals surface area contributed by atoms with Crippen molar-refractivity contribution in [1.82, 2.24) is 0 Å². The Kier molecular flexibility index (Phi) is 3.12. The second-order valence-electron chi connectivity index (χ2n) is 2.67. The van der Waals surface area contributed by atoms with Crippen LogP contribution in [0.5, 0.6) is 5.75 Å². The molecule has 0 saturated heterocycles. The highest BCUT2D eigenvalue weighted by atomic mass is 35.5. The van der Waals surface area contributed by atoms with E-state index in [1.807, 2.05) is 13.0 Å². The van der Waals surface area contributed by atoms with Gasteiger partial charge in [0.1, 0.15) is 10.7 Å². The standard InChI is InChI=1S/C9H10ClNOS/c1-5-3-8(12-2)7(10)4-6(5)9(11)13/h3-4H,1-2H3,(H2,11,13). The predicted molar refractivity (Wildman–Crippen MR) is 58.6 cm³/mol. The summed E-state index contributed by atoms with van der Waals surface area (Å²) in [7, 11) is 1.57. The van der Waals surface area contributed by atoms with Crippen molar-refractivity contribution in [2.75, 3.05) is 7.11 Å². The molecule has 1 aromatic carbocycles. The molecule has 2 N–H and O–H groups in total. The van der Waals surface area contributed by atoms with Crippen LogP contribution in [0.15, 0.2) is 12.1 Å². The average molecular weight is 216 g/mol. The van der Waals surface area contributed by atoms with Gasteiger partial charge in [-0.05, 0) is 24.6 Å². The Labute approximate surface area is 87.6 Å². The summed E-state index contributed by atoms with van der Waals surface area (Å²) < 4.78 is 5.04. The number of ether oxygens (including phenoxy) is 1. The van der Waals surface area contributed by atoms with Gasteiger partial charge in [0.15, 0.2) is 0 Å². The maximum absolute atomic E-state index is 5.91. The van der Waals surface area contributed by atoms with E-state index in [0.717, 1.165) is 11.1 Å². The molecule has 0 saturated carbocycles. The molecule has 0 unspecified atom stereocenters. The number of benzene rings is 1. The van der Waals surface area contributed by atoms with E-state index in [1.54, 1.807) is 13.2 Å². The van der Waals surface area contributed by atoms with Crippen LogP contribution in [0, 0.1) is 6.92 Å². The van der Waals surface area contributed by atoms with E-state index in [-0.39, 0.29) is 0 Å². The lowest BCUT2D eigenvalue weighted by molar-refractivity contribution is 0.414. The molecule has 1 aromatic rings. The van der Waals surface area contributed by atoms with Gasteiger partial charge in [-0.1, -0.05) is 23.8 Å². The molecule has 13 heavy (non-hydrogen) atoms. The van der Waals surface area contributed by atoms with Crippen LogP contribution in [0.2, 0.25) is 5.02 Å². The van der Waals surface area contributed by atoms with E-state index in [9.17, 15) is 0 Å². The summed E-state index contributed by atoms with van der Waals surface area (Å²) in [6.07, 6.45) is 0. The van der Waals surface area contributed by atoms with Gasteiger partial charge < -0.3 is 10.5 Å². The topological polar surface area (TPSA) is 35.2 Å². The van der Waals surface area contributed by atoms with E-state index < -0.39 is 0 Å². The van der Waals surface area contributed by atoms with E-state index in [2.05, 4.69) is 0 Å². The normalized spacial score (nSPS) is 9.77. The Balaban J connectivity index is 3.28. The predicted octanol–water partition coefficient (Wildman–Crippen LogP) is 2.29. The van der Waals surface area contributed by atoms with E-state index in [0.29, 0.717) is 15.8 Å². The molecule has 0 fully saturated rings.